The summed E-state index contributed by atoms with van der Waals surface area (Å²) in [6.45, 7) is 0.625. The predicted molar refractivity (Wildman–Crippen MR) is 52.5 cm³/mol. The molecule has 1 atom stereocenters. The van der Waals surface area contributed by atoms with Gasteiger partial charge >= 0.3 is 0 Å². The molecule has 0 spiro atoms. The highest BCUT2D eigenvalue weighted by Gasteiger charge is 2.23. The van der Waals surface area contributed by atoms with Gasteiger partial charge in [0.15, 0.2) is 0 Å². The normalized spacial score (nSPS) is 19.7. The second kappa shape index (κ2) is 3.65. The number of fused-ring (bicyclic) bond motifs is 1. The zero-order chi connectivity index (χ0) is 9.26. The SMILES string of the molecule is CONC1COc2ccc(Br)cc21. The molecule has 2 rings (SSSR count). The Labute approximate surface area is 85.1 Å². The Morgan fingerprint density at radius 2 is 2.46 bits per heavy atom. The van der Waals surface area contributed by atoms with E-state index < -0.39 is 0 Å². The number of ether oxygens (including phenoxy) is 1. The quantitative estimate of drug-likeness (QED) is 0.807. The first-order chi connectivity index (χ1) is 6.31. The molecule has 0 fully saturated rings. The van der Waals surface area contributed by atoms with Crippen molar-refractivity contribution in [1.29, 1.82) is 0 Å². The third-order valence-electron chi connectivity index (χ3n) is 2.01. The van der Waals surface area contributed by atoms with Gasteiger partial charge in [0.2, 0.25) is 0 Å². The van der Waals surface area contributed by atoms with Crippen molar-refractivity contribution in [2.75, 3.05) is 13.7 Å². The summed E-state index contributed by atoms with van der Waals surface area (Å²) >= 11 is 3.42. The van der Waals surface area contributed by atoms with Crippen LogP contribution in [0, 0.1) is 0 Å². The molecule has 0 aliphatic carbocycles. The Morgan fingerprint density at radius 3 is 3.23 bits per heavy atom. The molecule has 0 bridgehead atoms. The lowest BCUT2D eigenvalue weighted by Gasteiger charge is -2.08. The van der Waals surface area contributed by atoms with Crippen molar-refractivity contribution in [3.05, 3.63) is 28.2 Å². The summed E-state index contributed by atoms with van der Waals surface area (Å²) in [7, 11) is 1.61. The third kappa shape index (κ3) is 1.70. The molecule has 0 radical (unpaired) electrons. The number of nitrogens with one attached hydrogen (secondary N) is 1. The van der Waals surface area contributed by atoms with Crippen molar-refractivity contribution in [2.45, 2.75) is 6.04 Å². The van der Waals surface area contributed by atoms with Crippen LogP contribution in [0.4, 0.5) is 0 Å². The molecule has 1 aliphatic heterocycles. The van der Waals surface area contributed by atoms with Crippen molar-refractivity contribution in [3.8, 4) is 5.75 Å². The van der Waals surface area contributed by atoms with Gasteiger partial charge in [-0.3, -0.25) is 0 Å². The predicted octanol–water partition coefficient (Wildman–Crippen LogP) is 2.03. The molecule has 13 heavy (non-hydrogen) atoms. The Bertz CT molecular complexity index is 314. The van der Waals surface area contributed by atoms with E-state index in [4.69, 9.17) is 9.57 Å². The van der Waals surface area contributed by atoms with Crippen molar-refractivity contribution >= 4 is 15.9 Å². The van der Waals surface area contributed by atoms with Crippen LogP contribution in [0.5, 0.6) is 5.75 Å². The van der Waals surface area contributed by atoms with Gasteiger partial charge in [-0.15, -0.1) is 0 Å². The van der Waals surface area contributed by atoms with E-state index in [1.54, 1.807) is 7.11 Å². The third-order valence-corrected chi connectivity index (χ3v) is 2.51. The van der Waals surface area contributed by atoms with Gasteiger partial charge in [-0.25, -0.2) is 0 Å². The van der Waals surface area contributed by atoms with Gasteiger partial charge < -0.3 is 9.57 Å². The number of hydrogen-bond acceptors (Lipinski definition) is 3. The van der Waals surface area contributed by atoms with Gasteiger partial charge in [-0.2, -0.15) is 5.48 Å². The molecular formula is C9H10BrNO2. The zero-order valence-corrected chi connectivity index (χ0v) is 8.80. The zero-order valence-electron chi connectivity index (χ0n) is 7.21. The van der Waals surface area contributed by atoms with Crippen LogP contribution in [0.3, 0.4) is 0 Å². The number of halogens is 1. The summed E-state index contributed by atoms with van der Waals surface area (Å²) in [5, 5.41) is 0. The maximum Gasteiger partial charge on any atom is 0.124 e. The lowest BCUT2D eigenvalue weighted by molar-refractivity contribution is 0.0536. The maximum absolute atomic E-state index is 5.46. The minimum atomic E-state index is 0.137. The van der Waals surface area contributed by atoms with Gasteiger partial charge in [0.25, 0.3) is 0 Å². The van der Waals surface area contributed by atoms with E-state index in [0.29, 0.717) is 6.61 Å². The average molecular weight is 244 g/mol. The smallest absolute Gasteiger partial charge is 0.124 e. The summed E-state index contributed by atoms with van der Waals surface area (Å²) in [6, 6.07) is 6.10. The largest absolute Gasteiger partial charge is 0.491 e. The van der Waals surface area contributed by atoms with Crippen LogP contribution in [0.15, 0.2) is 22.7 Å². The van der Waals surface area contributed by atoms with Crippen LogP contribution in [0.1, 0.15) is 11.6 Å². The minimum Gasteiger partial charge on any atom is -0.491 e. The first-order valence-corrected chi connectivity index (χ1v) is 4.81. The van der Waals surface area contributed by atoms with Crippen LogP contribution in [-0.4, -0.2) is 13.7 Å². The molecular weight excluding hydrogens is 234 g/mol. The van der Waals surface area contributed by atoms with Crippen molar-refractivity contribution in [1.82, 2.24) is 5.48 Å². The van der Waals surface area contributed by atoms with Crippen LogP contribution >= 0.6 is 15.9 Å². The molecule has 1 aromatic rings. The summed E-state index contributed by atoms with van der Waals surface area (Å²) in [5.41, 5.74) is 4.02. The van der Waals surface area contributed by atoms with Gasteiger partial charge in [0.1, 0.15) is 12.4 Å². The summed E-state index contributed by atoms with van der Waals surface area (Å²) in [6.07, 6.45) is 0. The lowest BCUT2D eigenvalue weighted by Crippen LogP contribution is -2.20. The van der Waals surface area contributed by atoms with Crippen molar-refractivity contribution in [2.24, 2.45) is 0 Å². The van der Waals surface area contributed by atoms with Crippen molar-refractivity contribution < 1.29 is 9.57 Å². The molecule has 1 unspecified atom stereocenters. The lowest BCUT2D eigenvalue weighted by atomic mass is 10.1. The molecule has 1 aliphatic rings. The first kappa shape index (κ1) is 8.99. The highest BCUT2D eigenvalue weighted by atomic mass is 79.9. The van der Waals surface area contributed by atoms with Crippen LogP contribution in [0.2, 0.25) is 0 Å². The monoisotopic (exact) mass is 243 g/mol. The molecule has 4 heteroatoms. The van der Waals surface area contributed by atoms with Crippen LogP contribution < -0.4 is 10.2 Å². The molecule has 1 aromatic carbocycles. The molecule has 3 nitrogen and oxygen atoms in total. The van der Waals surface area contributed by atoms with E-state index in [1.807, 2.05) is 18.2 Å². The minimum absolute atomic E-state index is 0.137. The topological polar surface area (TPSA) is 30.5 Å². The van der Waals surface area contributed by atoms with Crippen LogP contribution in [-0.2, 0) is 4.84 Å². The molecule has 0 aromatic heterocycles. The van der Waals surface area contributed by atoms with Gasteiger partial charge in [-0.05, 0) is 18.2 Å². The number of rotatable bonds is 2. The van der Waals surface area contributed by atoms with Crippen molar-refractivity contribution in [3.63, 3.8) is 0 Å². The van der Waals surface area contributed by atoms with Gasteiger partial charge in [0.05, 0.1) is 13.2 Å². The molecule has 1 N–H and O–H groups in total. The highest BCUT2D eigenvalue weighted by Crippen LogP contribution is 2.34. The first-order valence-electron chi connectivity index (χ1n) is 4.02. The molecule has 0 saturated carbocycles. The number of hydroxylamine groups is 1. The van der Waals surface area contributed by atoms with E-state index in [9.17, 15) is 0 Å². The molecule has 1 heterocycles. The second-order valence-electron chi connectivity index (χ2n) is 2.87. The Kier molecular flexibility index (Phi) is 2.53. The fourth-order valence-corrected chi connectivity index (χ4v) is 1.80. The van der Waals surface area contributed by atoms with E-state index in [0.717, 1.165) is 15.8 Å². The maximum atomic E-state index is 5.46. The summed E-state index contributed by atoms with van der Waals surface area (Å²) in [4.78, 5) is 4.88. The molecule has 0 amide bonds. The Hall–Kier alpha value is -0.580. The van der Waals surface area contributed by atoms with E-state index in [2.05, 4.69) is 21.4 Å². The standard InChI is InChI=1S/C9H10BrNO2/c1-12-11-8-5-13-9-3-2-6(10)4-7(8)9/h2-4,8,11H,5H2,1H3. The fourth-order valence-electron chi connectivity index (χ4n) is 1.43. The summed E-state index contributed by atoms with van der Waals surface area (Å²) in [5.74, 6) is 0.928. The van der Waals surface area contributed by atoms with Gasteiger partial charge in [0, 0.05) is 10.0 Å². The number of hydrogen-bond donors (Lipinski definition) is 1. The van der Waals surface area contributed by atoms with Gasteiger partial charge in [-0.1, -0.05) is 15.9 Å². The molecule has 0 saturated heterocycles. The highest BCUT2D eigenvalue weighted by molar-refractivity contribution is 9.10. The molecule has 70 valence electrons. The fraction of sp³-hybridized carbons (Fsp3) is 0.333. The van der Waals surface area contributed by atoms with E-state index in [-0.39, 0.29) is 6.04 Å². The average Bonchev–Trinajstić information content (AvgIpc) is 2.49. The van der Waals surface area contributed by atoms with Crippen LogP contribution in [0.25, 0.3) is 0 Å². The van der Waals surface area contributed by atoms with E-state index in [1.165, 1.54) is 0 Å². The number of benzene rings is 1. The van der Waals surface area contributed by atoms with E-state index >= 15 is 0 Å². The summed E-state index contributed by atoms with van der Waals surface area (Å²) < 4.78 is 6.51. The Balaban J connectivity index is 2.29. The second-order valence-corrected chi connectivity index (χ2v) is 3.78. The Morgan fingerprint density at radius 1 is 1.62 bits per heavy atom.